The highest BCUT2D eigenvalue weighted by Crippen LogP contribution is 2.26. The summed E-state index contributed by atoms with van der Waals surface area (Å²) in [6, 6.07) is 8.44. The van der Waals surface area contributed by atoms with Crippen LogP contribution in [0.4, 0.5) is 8.78 Å². The van der Waals surface area contributed by atoms with E-state index < -0.39 is 11.6 Å². The summed E-state index contributed by atoms with van der Waals surface area (Å²) in [5.74, 6) is -0.664. The van der Waals surface area contributed by atoms with Crippen LogP contribution in [0.2, 0.25) is 5.02 Å². The number of hydrogen-bond acceptors (Lipinski definition) is 2. The molecule has 1 unspecified atom stereocenters. The van der Waals surface area contributed by atoms with E-state index in [9.17, 15) is 8.78 Å². The SMILES string of the molecule is CC(N)c1ccc(F)cc1OCc1cccc(Cl)c1F. The summed E-state index contributed by atoms with van der Waals surface area (Å²) in [4.78, 5) is 0. The molecule has 1 atom stereocenters. The molecule has 0 radical (unpaired) electrons. The molecule has 20 heavy (non-hydrogen) atoms. The van der Waals surface area contributed by atoms with Crippen molar-refractivity contribution in [1.82, 2.24) is 0 Å². The molecule has 2 rings (SSSR count). The maximum absolute atomic E-state index is 13.7. The van der Waals surface area contributed by atoms with Gasteiger partial charge in [-0.15, -0.1) is 0 Å². The predicted octanol–water partition coefficient (Wildman–Crippen LogP) is 4.22. The average molecular weight is 298 g/mol. The quantitative estimate of drug-likeness (QED) is 0.917. The van der Waals surface area contributed by atoms with E-state index in [4.69, 9.17) is 22.1 Å². The minimum absolute atomic E-state index is 0.0257. The van der Waals surface area contributed by atoms with Gasteiger partial charge in [0.1, 0.15) is 24.0 Å². The summed E-state index contributed by atoms with van der Waals surface area (Å²) < 4.78 is 32.5. The number of ether oxygens (including phenoxy) is 1. The minimum atomic E-state index is -0.534. The fourth-order valence-electron chi connectivity index (χ4n) is 1.82. The van der Waals surface area contributed by atoms with Crippen molar-refractivity contribution in [2.24, 2.45) is 5.73 Å². The molecule has 0 heterocycles. The van der Waals surface area contributed by atoms with Gasteiger partial charge in [-0.25, -0.2) is 8.78 Å². The standard InChI is InChI=1S/C15H14ClF2NO/c1-9(19)12-6-5-11(17)7-14(12)20-8-10-3-2-4-13(16)15(10)18/h2-7,9H,8,19H2,1H3. The van der Waals surface area contributed by atoms with Crippen LogP contribution in [0.25, 0.3) is 0 Å². The average Bonchev–Trinajstić information content (AvgIpc) is 2.40. The third kappa shape index (κ3) is 3.26. The van der Waals surface area contributed by atoms with Crippen molar-refractivity contribution in [2.45, 2.75) is 19.6 Å². The normalized spacial score (nSPS) is 12.2. The summed E-state index contributed by atoms with van der Waals surface area (Å²) in [6.45, 7) is 1.72. The first-order chi connectivity index (χ1) is 9.49. The van der Waals surface area contributed by atoms with E-state index in [0.717, 1.165) is 0 Å². The second-order valence-corrected chi connectivity index (χ2v) is 4.88. The minimum Gasteiger partial charge on any atom is -0.488 e. The van der Waals surface area contributed by atoms with Gasteiger partial charge in [-0.2, -0.15) is 0 Å². The zero-order chi connectivity index (χ0) is 14.7. The van der Waals surface area contributed by atoms with E-state index in [1.165, 1.54) is 18.2 Å². The molecule has 2 nitrogen and oxygen atoms in total. The fourth-order valence-corrected chi connectivity index (χ4v) is 2.02. The number of halogens is 3. The van der Waals surface area contributed by atoms with Crippen LogP contribution in [0, 0.1) is 11.6 Å². The Hall–Kier alpha value is -1.65. The summed E-state index contributed by atoms with van der Waals surface area (Å²) >= 11 is 5.69. The van der Waals surface area contributed by atoms with E-state index in [1.54, 1.807) is 25.1 Å². The van der Waals surface area contributed by atoms with Crippen LogP contribution in [0.3, 0.4) is 0 Å². The lowest BCUT2D eigenvalue weighted by Gasteiger charge is -2.14. The molecular weight excluding hydrogens is 284 g/mol. The molecule has 2 N–H and O–H groups in total. The van der Waals surface area contributed by atoms with Gasteiger partial charge < -0.3 is 10.5 Å². The summed E-state index contributed by atoms with van der Waals surface area (Å²) in [5.41, 5.74) is 6.75. The summed E-state index contributed by atoms with van der Waals surface area (Å²) in [6.07, 6.45) is 0. The Kier molecular flexibility index (Phi) is 4.57. The molecule has 0 saturated heterocycles. The largest absolute Gasteiger partial charge is 0.488 e. The number of benzene rings is 2. The highest BCUT2D eigenvalue weighted by atomic mass is 35.5. The van der Waals surface area contributed by atoms with Gasteiger partial charge in [0.05, 0.1) is 5.02 Å². The van der Waals surface area contributed by atoms with Gasteiger partial charge in [0.2, 0.25) is 0 Å². The molecule has 106 valence electrons. The Bertz CT molecular complexity index is 617. The molecule has 0 aliphatic carbocycles. The van der Waals surface area contributed by atoms with Crippen LogP contribution >= 0.6 is 11.6 Å². The van der Waals surface area contributed by atoms with Gasteiger partial charge in [-0.1, -0.05) is 29.8 Å². The van der Waals surface area contributed by atoms with Gasteiger partial charge in [0.25, 0.3) is 0 Å². The monoisotopic (exact) mass is 297 g/mol. The maximum atomic E-state index is 13.7. The van der Waals surface area contributed by atoms with E-state index in [-0.39, 0.29) is 17.7 Å². The Morgan fingerprint density at radius 1 is 1.25 bits per heavy atom. The Morgan fingerprint density at radius 2 is 2.00 bits per heavy atom. The Morgan fingerprint density at radius 3 is 2.70 bits per heavy atom. The van der Waals surface area contributed by atoms with Crippen molar-refractivity contribution >= 4 is 11.6 Å². The van der Waals surface area contributed by atoms with Crippen LogP contribution < -0.4 is 10.5 Å². The number of hydrogen-bond donors (Lipinski definition) is 1. The van der Waals surface area contributed by atoms with Crippen molar-refractivity contribution in [3.05, 3.63) is 64.2 Å². The van der Waals surface area contributed by atoms with Gasteiger partial charge in [0.15, 0.2) is 0 Å². The lowest BCUT2D eigenvalue weighted by Crippen LogP contribution is -2.09. The first kappa shape index (κ1) is 14.8. The molecular formula is C15H14ClF2NO. The van der Waals surface area contributed by atoms with Crippen molar-refractivity contribution < 1.29 is 13.5 Å². The Balaban J connectivity index is 2.22. The van der Waals surface area contributed by atoms with Crippen LogP contribution in [0.5, 0.6) is 5.75 Å². The molecule has 0 aliphatic rings. The first-order valence-electron chi connectivity index (χ1n) is 6.09. The third-order valence-electron chi connectivity index (χ3n) is 2.88. The second kappa shape index (κ2) is 6.20. The van der Waals surface area contributed by atoms with Crippen LogP contribution in [-0.4, -0.2) is 0 Å². The molecule has 2 aromatic rings. The molecule has 2 aromatic carbocycles. The maximum Gasteiger partial charge on any atom is 0.148 e. The summed E-state index contributed by atoms with van der Waals surface area (Å²) in [5, 5.41) is 0.0257. The highest BCUT2D eigenvalue weighted by Gasteiger charge is 2.12. The van der Waals surface area contributed by atoms with E-state index in [2.05, 4.69) is 0 Å². The zero-order valence-corrected chi connectivity index (χ0v) is 11.6. The molecule has 0 amide bonds. The molecule has 0 spiro atoms. The second-order valence-electron chi connectivity index (χ2n) is 4.47. The van der Waals surface area contributed by atoms with E-state index in [1.807, 2.05) is 0 Å². The smallest absolute Gasteiger partial charge is 0.148 e. The fraction of sp³-hybridized carbons (Fsp3) is 0.200. The molecule has 0 saturated carbocycles. The lowest BCUT2D eigenvalue weighted by molar-refractivity contribution is 0.294. The third-order valence-corrected chi connectivity index (χ3v) is 3.17. The topological polar surface area (TPSA) is 35.2 Å². The van der Waals surface area contributed by atoms with E-state index >= 15 is 0 Å². The number of nitrogens with two attached hydrogens (primary N) is 1. The zero-order valence-electron chi connectivity index (χ0n) is 10.9. The van der Waals surface area contributed by atoms with E-state index in [0.29, 0.717) is 16.9 Å². The highest BCUT2D eigenvalue weighted by molar-refractivity contribution is 6.30. The lowest BCUT2D eigenvalue weighted by atomic mass is 10.1. The first-order valence-corrected chi connectivity index (χ1v) is 6.47. The molecule has 0 fully saturated rings. The van der Waals surface area contributed by atoms with Gasteiger partial charge in [0, 0.05) is 23.2 Å². The predicted molar refractivity (Wildman–Crippen MR) is 74.7 cm³/mol. The molecule has 0 aliphatic heterocycles. The molecule has 0 bridgehead atoms. The van der Waals surface area contributed by atoms with Gasteiger partial charge in [-0.3, -0.25) is 0 Å². The molecule has 0 aromatic heterocycles. The van der Waals surface area contributed by atoms with Crippen molar-refractivity contribution in [1.29, 1.82) is 0 Å². The van der Waals surface area contributed by atoms with Crippen molar-refractivity contribution in [2.75, 3.05) is 0 Å². The Labute approximate surface area is 121 Å². The van der Waals surface area contributed by atoms with Gasteiger partial charge in [-0.05, 0) is 19.1 Å². The number of rotatable bonds is 4. The molecule has 5 heteroatoms. The van der Waals surface area contributed by atoms with Gasteiger partial charge >= 0.3 is 0 Å². The van der Waals surface area contributed by atoms with Crippen LogP contribution in [0.1, 0.15) is 24.1 Å². The summed E-state index contributed by atoms with van der Waals surface area (Å²) in [7, 11) is 0. The van der Waals surface area contributed by atoms with Crippen LogP contribution in [-0.2, 0) is 6.61 Å². The van der Waals surface area contributed by atoms with Crippen LogP contribution in [0.15, 0.2) is 36.4 Å². The van der Waals surface area contributed by atoms with Crippen molar-refractivity contribution in [3.8, 4) is 5.75 Å². The van der Waals surface area contributed by atoms with Crippen molar-refractivity contribution in [3.63, 3.8) is 0 Å².